The molecule has 1 aliphatic heterocycles. The molecular weight excluding hydrogens is 459 g/mol. The van der Waals surface area contributed by atoms with Crippen LogP contribution < -0.4 is 4.74 Å². The molecule has 0 radical (unpaired) electrons. The van der Waals surface area contributed by atoms with E-state index in [4.69, 9.17) is 14.3 Å². The van der Waals surface area contributed by atoms with Gasteiger partial charge in [0.1, 0.15) is 23.0 Å². The predicted octanol–water partition coefficient (Wildman–Crippen LogP) is 4.25. The van der Waals surface area contributed by atoms with Crippen LogP contribution in [0.5, 0.6) is 5.75 Å². The van der Waals surface area contributed by atoms with Gasteiger partial charge in [-0.1, -0.05) is 0 Å². The fraction of sp³-hybridized carbons (Fsp3) is 0.524. The summed E-state index contributed by atoms with van der Waals surface area (Å²) in [6.45, 7) is 5.82. The number of hydrogen-bond donors (Lipinski definition) is 0. The average Bonchev–Trinajstić information content (AvgIpc) is 3.16. The summed E-state index contributed by atoms with van der Waals surface area (Å²) in [5.41, 5.74) is -1.68. The van der Waals surface area contributed by atoms with Gasteiger partial charge >= 0.3 is 6.16 Å². The van der Waals surface area contributed by atoms with E-state index in [2.05, 4.69) is 4.98 Å². The Morgan fingerprint density at radius 2 is 1.84 bits per heavy atom. The van der Waals surface area contributed by atoms with E-state index in [1.54, 1.807) is 38.3 Å². The van der Waals surface area contributed by atoms with Crippen molar-refractivity contribution in [1.82, 2.24) is 10.0 Å². The number of ether oxygens (including phenoxy) is 2. The zero-order valence-corrected chi connectivity index (χ0v) is 20.1. The zero-order chi connectivity index (χ0) is 23.6. The van der Waals surface area contributed by atoms with Crippen molar-refractivity contribution in [3.8, 4) is 5.75 Å². The third-order valence-corrected chi connectivity index (χ3v) is 6.88. The summed E-state index contributed by atoms with van der Waals surface area (Å²) < 4.78 is 49.3. The predicted molar refractivity (Wildman–Crippen MR) is 117 cm³/mol. The quantitative estimate of drug-likeness (QED) is 0.559. The first-order valence-corrected chi connectivity index (χ1v) is 12.8. The zero-order valence-electron chi connectivity index (χ0n) is 18.5. The first-order chi connectivity index (χ1) is 14.8. The van der Waals surface area contributed by atoms with Crippen molar-refractivity contribution in [2.24, 2.45) is 0 Å². The molecule has 2 aromatic rings. The Hall–Kier alpha value is -2.24. The van der Waals surface area contributed by atoms with Crippen molar-refractivity contribution in [3.63, 3.8) is 0 Å². The molecule has 0 amide bonds. The van der Waals surface area contributed by atoms with Crippen LogP contribution in [-0.4, -0.2) is 49.6 Å². The summed E-state index contributed by atoms with van der Waals surface area (Å²) in [5.74, 6) is 0.495. The second kappa shape index (κ2) is 9.32. The lowest BCUT2D eigenvalue weighted by atomic mass is 9.95. The van der Waals surface area contributed by atoms with Gasteiger partial charge in [0.2, 0.25) is 0 Å². The molecule has 1 aromatic carbocycles. The Kier molecular flexibility index (Phi) is 7.11. The Labute approximate surface area is 191 Å². The number of alkyl halides is 1. The third-order valence-electron chi connectivity index (χ3n) is 4.68. The fourth-order valence-electron chi connectivity index (χ4n) is 3.04. The van der Waals surface area contributed by atoms with Gasteiger partial charge in [0.15, 0.2) is 15.5 Å². The number of sulfone groups is 1. The Bertz CT molecular complexity index is 1040. The number of aromatic nitrogens is 1. The molecule has 32 heavy (non-hydrogen) atoms. The van der Waals surface area contributed by atoms with Gasteiger partial charge in [-0.2, -0.15) is 0 Å². The van der Waals surface area contributed by atoms with Crippen LogP contribution in [0.1, 0.15) is 44.3 Å². The van der Waals surface area contributed by atoms with Gasteiger partial charge < -0.3 is 14.3 Å². The van der Waals surface area contributed by atoms with E-state index in [0.29, 0.717) is 16.5 Å². The average molecular weight is 487 g/mol. The molecule has 1 fully saturated rings. The fourth-order valence-corrected chi connectivity index (χ4v) is 4.62. The molecule has 3 rings (SSSR count). The van der Waals surface area contributed by atoms with Gasteiger partial charge in [0, 0.05) is 37.6 Å². The van der Waals surface area contributed by atoms with Gasteiger partial charge in [-0.15, -0.1) is 16.4 Å². The normalized spacial score (nSPS) is 17.0. The Balaban J connectivity index is 1.52. The summed E-state index contributed by atoms with van der Waals surface area (Å²) >= 11 is 1.22. The number of piperidine rings is 1. The van der Waals surface area contributed by atoms with Crippen LogP contribution >= 0.6 is 11.3 Å². The molecular formula is C21H27FN2O6S2. The summed E-state index contributed by atoms with van der Waals surface area (Å²) in [5, 5.41) is 3.51. The minimum absolute atomic E-state index is 0.135. The van der Waals surface area contributed by atoms with Crippen LogP contribution in [0.2, 0.25) is 0 Å². The smallest absolute Gasteiger partial charge is 0.487 e. The van der Waals surface area contributed by atoms with Crippen molar-refractivity contribution in [1.29, 1.82) is 0 Å². The maximum absolute atomic E-state index is 15.5. The number of carbonyl (C=O) groups is 1. The van der Waals surface area contributed by atoms with E-state index in [1.807, 2.05) is 0 Å². The maximum Gasteiger partial charge on any atom is 0.528 e. The molecule has 11 heteroatoms. The molecule has 0 spiro atoms. The lowest BCUT2D eigenvalue weighted by Gasteiger charge is -2.34. The highest BCUT2D eigenvalue weighted by Crippen LogP contribution is 2.39. The van der Waals surface area contributed by atoms with Gasteiger partial charge in [0.25, 0.3) is 0 Å². The number of hydrogen-bond acceptors (Lipinski definition) is 9. The molecule has 0 saturated carbocycles. The first kappa shape index (κ1) is 24.4. The van der Waals surface area contributed by atoms with Crippen molar-refractivity contribution in [2.45, 2.75) is 56.4 Å². The SMILES string of the molecule is CC(C)(C)OC(=O)ON1CCC(F)(c2nc(COc3ccc(S(C)(=O)=O)cc3)cs2)CC1. The molecule has 1 aromatic heterocycles. The summed E-state index contributed by atoms with van der Waals surface area (Å²) in [6, 6.07) is 6.09. The molecule has 176 valence electrons. The van der Waals surface area contributed by atoms with Gasteiger partial charge in [0.05, 0.1) is 10.6 Å². The number of hydroxylamine groups is 2. The molecule has 0 N–H and O–H groups in total. The molecule has 1 saturated heterocycles. The second-order valence-electron chi connectivity index (χ2n) is 8.63. The van der Waals surface area contributed by atoms with E-state index in [1.165, 1.54) is 28.5 Å². The summed E-state index contributed by atoms with van der Waals surface area (Å²) in [6.07, 6.45) is 0.607. The third kappa shape index (κ3) is 6.63. The van der Waals surface area contributed by atoms with Crippen LogP contribution in [0.4, 0.5) is 9.18 Å². The minimum atomic E-state index is -3.27. The molecule has 8 nitrogen and oxygen atoms in total. The van der Waals surface area contributed by atoms with Gasteiger partial charge in [-0.3, -0.25) is 0 Å². The molecule has 0 aliphatic carbocycles. The van der Waals surface area contributed by atoms with Crippen molar-refractivity contribution >= 4 is 27.3 Å². The van der Waals surface area contributed by atoms with Crippen molar-refractivity contribution in [3.05, 3.63) is 40.3 Å². The number of thiazole rings is 1. The standard InChI is InChI=1S/C21H27FN2O6S2/c1-20(2,3)29-19(25)30-24-11-9-21(22,10-12-24)18-23-15(14-31-18)13-28-16-5-7-17(8-6-16)32(4,26)27/h5-8,14H,9-13H2,1-4H3. The van der Waals surface area contributed by atoms with Gasteiger partial charge in [-0.05, 0) is 45.0 Å². The number of rotatable bonds is 6. The molecule has 0 bridgehead atoms. The minimum Gasteiger partial charge on any atom is -0.487 e. The van der Waals surface area contributed by atoms with E-state index < -0.39 is 27.3 Å². The highest BCUT2D eigenvalue weighted by atomic mass is 32.2. The second-order valence-corrected chi connectivity index (χ2v) is 11.5. The largest absolute Gasteiger partial charge is 0.528 e. The van der Waals surface area contributed by atoms with E-state index >= 15 is 4.39 Å². The summed E-state index contributed by atoms with van der Waals surface area (Å²) in [7, 11) is -3.27. The number of benzene rings is 1. The highest BCUT2D eigenvalue weighted by molar-refractivity contribution is 7.90. The number of halogens is 1. The lowest BCUT2D eigenvalue weighted by Crippen LogP contribution is -2.42. The van der Waals surface area contributed by atoms with Crippen LogP contribution in [0, 0.1) is 0 Å². The number of carbonyl (C=O) groups excluding carboxylic acids is 1. The summed E-state index contributed by atoms with van der Waals surface area (Å²) in [4.78, 5) is 21.5. The van der Waals surface area contributed by atoms with Crippen LogP contribution in [-0.2, 0) is 31.7 Å². The monoisotopic (exact) mass is 486 g/mol. The molecule has 0 unspecified atom stereocenters. The highest BCUT2D eigenvalue weighted by Gasteiger charge is 2.40. The van der Waals surface area contributed by atoms with E-state index in [-0.39, 0.29) is 37.4 Å². The Morgan fingerprint density at radius 3 is 2.41 bits per heavy atom. The Morgan fingerprint density at radius 1 is 1.22 bits per heavy atom. The first-order valence-electron chi connectivity index (χ1n) is 10.1. The van der Waals surface area contributed by atoms with E-state index in [0.717, 1.165) is 6.26 Å². The van der Waals surface area contributed by atoms with Gasteiger partial charge in [-0.25, -0.2) is 22.6 Å². The van der Waals surface area contributed by atoms with Crippen molar-refractivity contribution < 1.29 is 31.9 Å². The lowest BCUT2D eigenvalue weighted by molar-refractivity contribution is -0.166. The molecule has 0 atom stereocenters. The van der Waals surface area contributed by atoms with Crippen LogP contribution in [0.3, 0.4) is 0 Å². The molecule has 2 heterocycles. The maximum atomic E-state index is 15.5. The topological polar surface area (TPSA) is 95.0 Å². The van der Waals surface area contributed by atoms with E-state index in [9.17, 15) is 13.2 Å². The van der Waals surface area contributed by atoms with Crippen LogP contribution in [0.15, 0.2) is 34.5 Å². The van der Waals surface area contributed by atoms with Crippen molar-refractivity contribution in [2.75, 3.05) is 19.3 Å². The van der Waals surface area contributed by atoms with Crippen LogP contribution in [0.25, 0.3) is 0 Å². The number of nitrogens with zero attached hydrogens (tertiary/aromatic N) is 2. The molecule has 1 aliphatic rings.